The van der Waals surface area contributed by atoms with Gasteiger partial charge in [0, 0.05) is 31.9 Å². The van der Waals surface area contributed by atoms with Crippen molar-refractivity contribution in [3.8, 4) is 0 Å². The van der Waals surface area contributed by atoms with E-state index in [1.165, 1.54) is 15.4 Å². The van der Waals surface area contributed by atoms with Crippen LogP contribution in [0.4, 0.5) is 8.78 Å². The lowest BCUT2D eigenvalue weighted by molar-refractivity contribution is -0.689. The summed E-state index contributed by atoms with van der Waals surface area (Å²) < 4.78 is 35.3. The summed E-state index contributed by atoms with van der Waals surface area (Å²) in [6, 6.07) is 18.0. The molecule has 0 aliphatic heterocycles. The maximum Gasteiger partial charge on any atom is 0.265 e. The molecule has 2 heterocycles. The minimum atomic E-state index is -1.79. The zero-order valence-electron chi connectivity index (χ0n) is 20.9. The summed E-state index contributed by atoms with van der Waals surface area (Å²) >= 11 is 12.2. The van der Waals surface area contributed by atoms with Crippen LogP contribution in [-0.4, -0.2) is 24.7 Å². The molecule has 0 saturated carbocycles. The van der Waals surface area contributed by atoms with Gasteiger partial charge in [0.05, 0.1) is 13.1 Å². The first kappa shape index (κ1) is 31.4. The van der Waals surface area contributed by atoms with Crippen molar-refractivity contribution in [3.05, 3.63) is 130 Å². The molecule has 0 bridgehead atoms. The summed E-state index contributed by atoms with van der Waals surface area (Å²) in [5.74, 6) is -1.59. The van der Waals surface area contributed by atoms with E-state index in [4.69, 9.17) is 23.2 Å². The molecule has 210 valence electrons. The third-order valence-corrected chi connectivity index (χ3v) is 6.52. The van der Waals surface area contributed by atoms with Crippen LogP contribution in [0.1, 0.15) is 16.7 Å². The van der Waals surface area contributed by atoms with E-state index in [9.17, 15) is 13.9 Å². The summed E-state index contributed by atoms with van der Waals surface area (Å²) in [5.41, 5.74) is 0.0930. The highest BCUT2D eigenvalue weighted by molar-refractivity contribution is 6.30. The van der Waals surface area contributed by atoms with Gasteiger partial charge in [0.15, 0.2) is 5.60 Å². The Balaban J connectivity index is 0.00000220. The first-order valence-corrected chi connectivity index (χ1v) is 12.5. The summed E-state index contributed by atoms with van der Waals surface area (Å²) in [4.78, 5) is 0. The fraction of sp³-hybridized carbons (Fsp3) is 0.185. The number of hydrogen-bond donors (Lipinski definition) is 1. The Kier molecular flexibility index (Phi) is 10.6. The van der Waals surface area contributed by atoms with E-state index in [2.05, 4.69) is 10.2 Å². The third kappa shape index (κ3) is 7.77. The highest BCUT2D eigenvalue weighted by Crippen LogP contribution is 2.28. The fourth-order valence-electron chi connectivity index (χ4n) is 4.37. The SMILES string of the molecule is OC(Cn1c[n+](Cc2cccc(Cl)c2)cn1)(Cn1c[n+](Cc2cccc(Cl)c2)cn1)c1ccc(F)cc1F.[Cl-].[Cl-]. The molecule has 0 amide bonds. The summed E-state index contributed by atoms with van der Waals surface area (Å²) in [5, 5.41) is 21.7. The zero-order valence-corrected chi connectivity index (χ0v) is 23.9. The molecule has 0 saturated heterocycles. The van der Waals surface area contributed by atoms with E-state index in [0.717, 1.165) is 23.3 Å². The lowest BCUT2D eigenvalue weighted by atomic mass is 9.93. The first-order chi connectivity index (χ1) is 18.3. The second-order valence-corrected chi connectivity index (χ2v) is 10.0. The van der Waals surface area contributed by atoms with Crippen molar-refractivity contribution in [1.29, 1.82) is 0 Å². The van der Waals surface area contributed by atoms with Gasteiger partial charge in [-0.15, -0.1) is 9.36 Å². The van der Waals surface area contributed by atoms with Crippen LogP contribution < -0.4 is 33.9 Å². The van der Waals surface area contributed by atoms with Crippen molar-refractivity contribution in [3.63, 3.8) is 0 Å². The number of nitrogens with zero attached hydrogens (tertiary/aromatic N) is 6. The van der Waals surface area contributed by atoms with Gasteiger partial charge in [-0.25, -0.2) is 17.9 Å². The smallest absolute Gasteiger partial charge is 0.265 e. The Labute approximate surface area is 252 Å². The van der Waals surface area contributed by atoms with Crippen molar-refractivity contribution >= 4 is 23.2 Å². The largest absolute Gasteiger partial charge is 1.00 e. The molecule has 1 N–H and O–H groups in total. The lowest BCUT2D eigenvalue weighted by Crippen LogP contribution is -3.00. The van der Waals surface area contributed by atoms with E-state index < -0.39 is 17.2 Å². The Morgan fingerprint density at radius 1 is 0.750 bits per heavy atom. The summed E-state index contributed by atoms with van der Waals surface area (Å²) in [7, 11) is 0. The Morgan fingerprint density at radius 3 is 1.70 bits per heavy atom. The number of aromatic nitrogens is 6. The van der Waals surface area contributed by atoms with Gasteiger partial charge in [0.25, 0.3) is 12.7 Å². The number of hydrogen-bond acceptors (Lipinski definition) is 3. The normalized spacial score (nSPS) is 11.1. The molecule has 0 aliphatic carbocycles. The number of rotatable bonds is 9. The highest BCUT2D eigenvalue weighted by Gasteiger charge is 2.39. The molecule has 40 heavy (non-hydrogen) atoms. The van der Waals surface area contributed by atoms with Crippen molar-refractivity contribution in [2.75, 3.05) is 0 Å². The van der Waals surface area contributed by atoms with Gasteiger partial charge < -0.3 is 29.9 Å². The Morgan fingerprint density at radius 2 is 1.25 bits per heavy atom. The number of aliphatic hydroxyl groups is 1. The molecule has 3 aromatic carbocycles. The molecule has 0 fully saturated rings. The average molecular weight is 628 g/mol. The minimum absolute atomic E-state index is 0. The van der Waals surface area contributed by atoms with Gasteiger partial charge in [0.1, 0.15) is 24.7 Å². The summed E-state index contributed by atoms with van der Waals surface area (Å²) in [6.45, 7) is 0.803. The van der Waals surface area contributed by atoms with Gasteiger partial charge in [-0.2, -0.15) is 0 Å². The zero-order chi connectivity index (χ0) is 26.7. The van der Waals surface area contributed by atoms with E-state index in [1.54, 1.807) is 37.4 Å². The number of halogens is 6. The van der Waals surface area contributed by atoms with E-state index in [1.807, 2.05) is 45.5 Å². The standard InChI is InChI=1S/C27H24Cl2F2N6O.2ClH/c28-22-5-1-3-20(9-22)12-34-16-32-36(18-34)14-27(38,25-8-7-24(30)11-26(25)31)15-37-19-35(17-33-37)13-21-4-2-6-23(29)10-21;;/h1-11,16-19,38H,12-15H2;2*1H/q+2;;/p-2. The molecule has 2 aromatic heterocycles. The molecule has 7 nitrogen and oxygen atoms in total. The Bertz CT molecular complexity index is 1490. The van der Waals surface area contributed by atoms with Crippen LogP contribution in [0, 0.1) is 11.6 Å². The molecule has 0 atom stereocenters. The molecule has 0 radical (unpaired) electrons. The molecule has 0 spiro atoms. The predicted molar refractivity (Wildman–Crippen MR) is 136 cm³/mol. The van der Waals surface area contributed by atoms with Gasteiger partial charge in [-0.3, -0.25) is 0 Å². The van der Waals surface area contributed by atoms with Crippen LogP contribution in [0.5, 0.6) is 0 Å². The fourth-order valence-corrected chi connectivity index (χ4v) is 4.79. The molecular weight excluding hydrogens is 604 g/mol. The van der Waals surface area contributed by atoms with Crippen LogP contribution in [0.15, 0.2) is 92.0 Å². The molecule has 5 aromatic rings. The minimum Gasteiger partial charge on any atom is -1.00 e. The third-order valence-electron chi connectivity index (χ3n) is 6.05. The van der Waals surface area contributed by atoms with Crippen LogP contribution in [0.25, 0.3) is 0 Å². The second kappa shape index (κ2) is 13.5. The maximum absolute atomic E-state index is 14.9. The van der Waals surface area contributed by atoms with Crippen molar-refractivity contribution in [1.82, 2.24) is 19.6 Å². The molecule has 0 aliphatic rings. The maximum atomic E-state index is 14.9. The average Bonchev–Trinajstić information content (AvgIpc) is 3.47. The van der Waals surface area contributed by atoms with Crippen molar-refractivity contribution in [2.45, 2.75) is 31.8 Å². The van der Waals surface area contributed by atoms with Gasteiger partial charge in [-0.1, -0.05) is 53.5 Å². The Hall–Kier alpha value is -3.08. The van der Waals surface area contributed by atoms with Crippen LogP contribution in [-0.2, 0) is 31.8 Å². The summed E-state index contributed by atoms with van der Waals surface area (Å²) in [6.07, 6.45) is 6.62. The van der Waals surface area contributed by atoms with Crippen LogP contribution >= 0.6 is 23.2 Å². The predicted octanol–water partition coefficient (Wildman–Crippen LogP) is -2.07. The van der Waals surface area contributed by atoms with Crippen LogP contribution in [0.2, 0.25) is 10.0 Å². The van der Waals surface area contributed by atoms with Crippen molar-refractivity contribution < 1.29 is 47.8 Å². The van der Waals surface area contributed by atoms with Crippen molar-refractivity contribution in [2.24, 2.45) is 0 Å². The lowest BCUT2D eigenvalue weighted by Gasteiger charge is -2.24. The monoisotopic (exact) mass is 626 g/mol. The second-order valence-electron chi connectivity index (χ2n) is 9.15. The quantitative estimate of drug-likeness (QED) is 0.191. The van der Waals surface area contributed by atoms with Gasteiger partial charge in [0.2, 0.25) is 12.7 Å². The number of benzene rings is 3. The van der Waals surface area contributed by atoms with E-state index in [0.29, 0.717) is 23.1 Å². The molecule has 0 unspecified atom stereocenters. The molecule has 13 heteroatoms. The van der Waals surface area contributed by atoms with E-state index >= 15 is 0 Å². The highest BCUT2D eigenvalue weighted by atomic mass is 35.5. The van der Waals surface area contributed by atoms with Gasteiger partial charge in [-0.05, 0) is 41.5 Å². The van der Waals surface area contributed by atoms with Gasteiger partial charge >= 0.3 is 0 Å². The topological polar surface area (TPSA) is 63.6 Å². The first-order valence-electron chi connectivity index (χ1n) is 11.8. The molecule has 5 rings (SSSR count). The van der Waals surface area contributed by atoms with E-state index in [-0.39, 0.29) is 43.5 Å². The van der Waals surface area contributed by atoms with Crippen LogP contribution in [0.3, 0.4) is 0 Å². The molecular formula is C27H24Cl4F2N6O.